The van der Waals surface area contributed by atoms with Crippen LogP contribution < -0.4 is 4.90 Å². The summed E-state index contributed by atoms with van der Waals surface area (Å²) in [4.78, 5) is 15.5. The van der Waals surface area contributed by atoms with Crippen molar-refractivity contribution < 1.29 is 13.2 Å². The lowest BCUT2D eigenvalue weighted by molar-refractivity contribution is 0.0985. The molecular formula is C23H22ClN5O3S. The SMILES string of the molecule is Cc1ccc(S(=O)(=O)n2ccc3c(-c4cc(N5CCOC[C@H]5C)nc(Cl)n4)ccnc32)cc1. The molecule has 0 bridgehead atoms. The van der Waals surface area contributed by atoms with Crippen LogP contribution in [-0.4, -0.2) is 53.1 Å². The second-order valence-electron chi connectivity index (χ2n) is 8.02. The molecule has 0 N–H and O–H groups in total. The van der Waals surface area contributed by atoms with E-state index in [0.717, 1.165) is 11.1 Å². The van der Waals surface area contributed by atoms with Gasteiger partial charge < -0.3 is 9.64 Å². The number of nitrogens with zero attached hydrogens (tertiary/aromatic N) is 5. The molecule has 0 unspecified atom stereocenters. The average molecular weight is 484 g/mol. The van der Waals surface area contributed by atoms with Crippen molar-refractivity contribution in [3.05, 3.63) is 65.7 Å². The summed E-state index contributed by atoms with van der Waals surface area (Å²) >= 11 is 6.29. The molecule has 4 aromatic rings. The normalized spacial score (nSPS) is 16.9. The molecule has 33 heavy (non-hydrogen) atoms. The van der Waals surface area contributed by atoms with Gasteiger partial charge >= 0.3 is 0 Å². The number of halogens is 1. The summed E-state index contributed by atoms with van der Waals surface area (Å²) in [5.74, 6) is 0.706. The van der Waals surface area contributed by atoms with Crippen molar-refractivity contribution in [1.82, 2.24) is 18.9 Å². The number of morpholine rings is 1. The molecule has 5 rings (SSSR count). The summed E-state index contributed by atoms with van der Waals surface area (Å²) < 4.78 is 33.3. The largest absolute Gasteiger partial charge is 0.377 e. The molecule has 1 aliphatic heterocycles. The van der Waals surface area contributed by atoms with Gasteiger partial charge in [-0.1, -0.05) is 17.7 Å². The molecule has 4 heterocycles. The number of rotatable bonds is 4. The number of benzene rings is 1. The van der Waals surface area contributed by atoms with E-state index in [0.29, 0.717) is 42.3 Å². The Balaban J connectivity index is 1.61. The van der Waals surface area contributed by atoms with E-state index in [1.54, 1.807) is 42.6 Å². The second-order valence-corrected chi connectivity index (χ2v) is 10.2. The van der Waals surface area contributed by atoms with Crippen molar-refractivity contribution >= 4 is 38.5 Å². The van der Waals surface area contributed by atoms with Crippen LogP contribution in [0, 0.1) is 6.92 Å². The Morgan fingerprint density at radius 3 is 2.67 bits per heavy atom. The Labute approximate surface area is 196 Å². The first-order chi connectivity index (χ1) is 15.8. The highest BCUT2D eigenvalue weighted by atomic mass is 35.5. The summed E-state index contributed by atoms with van der Waals surface area (Å²) in [6, 6.07) is 12.3. The van der Waals surface area contributed by atoms with Crippen molar-refractivity contribution in [1.29, 1.82) is 0 Å². The minimum atomic E-state index is -3.81. The number of hydrogen-bond donors (Lipinski definition) is 0. The molecule has 0 radical (unpaired) electrons. The number of ether oxygens (including phenoxy) is 1. The molecule has 0 aliphatic carbocycles. The minimum absolute atomic E-state index is 0.123. The lowest BCUT2D eigenvalue weighted by Gasteiger charge is -2.34. The quantitative estimate of drug-likeness (QED) is 0.406. The number of hydrogen-bond acceptors (Lipinski definition) is 7. The van der Waals surface area contributed by atoms with E-state index in [1.165, 1.54) is 10.2 Å². The fourth-order valence-electron chi connectivity index (χ4n) is 4.01. The Kier molecular flexibility index (Phi) is 5.55. The van der Waals surface area contributed by atoms with Gasteiger partial charge in [0.15, 0.2) is 5.65 Å². The van der Waals surface area contributed by atoms with Gasteiger partial charge in [-0.25, -0.2) is 27.3 Å². The van der Waals surface area contributed by atoms with Crippen LogP contribution in [0.5, 0.6) is 0 Å². The number of aryl methyl sites for hydroxylation is 1. The van der Waals surface area contributed by atoms with Crippen molar-refractivity contribution in [3.63, 3.8) is 0 Å². The van der Waals surface area contributed by atoms with Gasteiger partial charge in [-0.2, -0.15) is 0 Å². The van der Waals surface area contributed by atoms with E-state index in [9.17, 15) is 8.42 Å². The summed E-state index contributed by atoms with van der Waals surface area (Å²) in [6.07, 6.45) is 3.09. The minimum Gasteiger partial charge on any atom is -0.377 e. The maximum absolute atomic E-state index is 13.3. The molecule has 1 saturated heterocycles. The predicted molar refractivity (Wildman–Crippen MR) is 127 cm³/mol. The third-order valence-corrected chi connectivity index (χ3v) is 7.60. The molecule has 1 aliphatic rings. The van der Waals surface area contributed by atoms with Crippen LogP contribution in [0.2, 0.25) is 5.28 Å². The number of pyridine rings is 1. The van der Waals surface area contributed by atoms with Gasteiger partial charge in [0.25, 0.3) is 10.0 Å². The van der Waals surface area contributed by atoms with Gasteiger partial charge in [0.1, 0.15) is 5.82 Å². The number of fused-ring (bicyclic) bond motifs is 1. The van der Waals surface area contributed by atoms with Gasteiger partial charge in [-0.05, 0) is 49.7 Å². The van der Waals surface area contributed by atoms with Crippen molar-refractivity contribution in [3.8, 4) is 11.3 Å². The summed E-state index contributed by atoms with van der Waals surface area (Å²) in [5.41, 5.74) is 2.63. The van der Waals surface area contributed by atoms with E-state index in [1.807, 2.05) is 13.0 Å². The molecular weight excluding hydrogens is 462 g/mol. The molecule has 0 amide bonds. The fraction of sp³-hybridized carbons (Fsp3) is 0.261. The Bertz CT molecular complexity index is 1440. The van der Waals surface area contributed by atoms with Crippen molar-refractivity contribution in [2.75, 3.05) is 24.7 Å². The van der Waals surface area contributed by atoms with Crippen LogP contribution >= 0.6 is 11.6 Å². The Morgan fingerprint density at radius 1 is 1.12 bits per heavy atom. The van der Waals surface area contributed by atoms with Crippen LogP contribution in [0.15, 0.2) is 59.8 Å². The van der Waals surface area contributed by atoms with Crippen LogP contribution in [0.1, 0.15) is 12.5 Å². The predicted octanol–water partition coefficient (Wildman–Crippen LogP) is 3.92. The first-order valence-electron chi connectivity index (χ1n) is 10.5. The summed E-state index contributed by atoms with van der Waals surface area (Å²) in [6.45, 7) is 5.89. The third-order valence-electron chi connectivity index (χ3n) is 5.76. The zero-order valence-electron chi connectivity index (χ0n) is 18.1. The van der Waals surface area contributed by atoms with Gasteiger partial charge in [0, 0.05) is 36.0 Å². The van der Waals surface area contributed by atoms with E-state index < -0.39 is 10.0 Å². The summed E-state index contributed by atoms with van der Waals surface area (Å²) in [7, 11) is -3.81. The van der Waals surface area contributed by atoms with Crippen LogP contribution in [0.4, 0.5) is 5.82 Å². The molecule has 1 fully saturated rings. The molecule has 1 aromatic carbocycles. The van der Waals surface area contributed by atoms with Crippen molar-refractivity contribution in [2.45, 2.75) is 24.8 Å². The van der Waals surface area contributed by atoms with Crippen molar-refractivity contribution in [2.24, 2.45) is 0 Å². The second kappa shape index (κ2) is 8.40. The molecule has 3 aromatic heterocycles. The van der Waals surface area contributed by atoms with Crippen LogP contribution in [0.3, 0.4) is 0 Å². The van der Waals surface area contributed by atoms with E-state index >= 15 is 0 Å². The highest BCUT2D eigenvalue weighted by Gasteiger charge is 2.24. The monoisotopic (exact) mass is 483 g/mol. The topological polar surface area (TPSA) is 90.2 Å². The first kappa shape index (κ1) is 21.8. The standard InChI is InChI=1S/C23H22ClN5O3S/c1-15-3-5-17(6-4-15)33(30,31)29-10-8-19-18(7-9-25-22(19)29)20-13-21(27-23(24)26-20)28-11-12-32-14-16(28)2/h3-10,13,16H,11-12,14H2,1-2H3/t16-/m1/s1. The first-order valence-corrected chi connectivity index (χ1v) is 12.3. The lowest BCUT2D eigenvalue weighted by Crippen LogP contribution is -2.44. The molecule has 170 valence electrons. The smallest absolute Gasteiger partial charge is 0.269 e. The molecule has 0 saturated carbocycles. The lowest BCUT2D eigenvalue weighted by atomic mass is 10.1. The third kappa shape index (κ3) is 3.96. The van der Waals surface area contributed by atoms with Crippen LogP contribution in [-0.2, 0) is 14.8 Å². The van der Waals surface area contributed by atoms with Gasteiger partial charge in [-0.15, -0.1) is 0 Å². The molecule has 8 nitrogen and oxygen atoms in total. The van der Waals surface area contributed by atoms with E-state index in [2.05, 4.69) is 26.8 Å². The maximum atomic E-state index is 13.3. The number of anilines is 1. The maximum Gasteiger partial charge on any atom is 0.269 e. The van der Waals surface area contributed by atoms with Gasteiger partial charge in [0.2, 0.25) is 5.28 Å². The van der Waals surface area contributed by atoms with E-state index in [4.69, 9.17) is 16.3 Å². The summed E-state index contributed by atoms with van der Waals surface area (Å²) in [5, 5.41) is 0.779. The molecule has 1 atom stereocenters. The van der Waals surface area contributed by atoms with Crippen LogP contribution in [0.25, 0.3) is 22.3 Å². The van der Waals surface area contributed by atoms with Gasteiger partial charge in [-0.3, -0.25) is 0 Å². The van der Waals surface area contributed by atoms with Gasteiger partial charge in [0.05, 0.1) is 29.8 Å². The molecule has 10 heteroatoms. The Morgan fingerprint density at radius 2 is 1.91 bits per heavy atom. The fourth-order valence-corrected chi connectivity index (χ4v) is 5.49. The highest BCUT2D eigenvalue weighted by Crippen LogP contribution is 2.32. The average Bonchev–Trinajstić information content (AvgIpc) is 3.24. The Hall–Kier alpha value is -3.01. The highest BCUT2D eigenvalue weighted by molar-refractivity contribution is 7.90. The zero-order valence-corrected chi connectivity index (χ0v) is 19.7. The molecule has 0 spiro atoms. The number of aromatic nitrogens is 4. The van der Waals surface area contributed by atoms with E-state index in [-0.39, 0.29) is 16.2 Å². The zero-order chi connectivity index (χ0) is 23.2.